The average molecular weight is 232 g/mol. The van der Waals surface area contributed by atoms with Gasteiger partial charge in [0.1, 0.15) is 5.52 Å². The number of aromatic nitrogens is 2. The fraction of sp³-hybridized carbons (Fsp3) is 0.571. The first kappa shape index (κ1) is 12.1. The van der Waals surface area contributed by atoms with E-state index in [0.29, 0.717) is 17.5 Å². The highest BCUT2D eigenvalue weighted by Crippen LogP contribution is 2.25. The van der Waals surface area contributed by atoms with Crippen molar-refractivity contribution in [2.24, 2.45) is 0 Å². The number of pyridine rings is 1. The maximum Gasteiger partial charge on any atom is 0.247 e. The lowest BCUT2D eigenvalue weighted by molar-refractivity contribution is 0.493. The van der Waals surface area contributed by atoms with Crippen LogP contribution in [0.5, 0.6) is 0 Å². The summed E-state index contributed by atoms with van der Waals surface area (Å²) in [5, 5.41) is 0. The maximum absolute atomic E-state index is 5.74. The van der Waals surface area contributed by atoms with Gasteiger partial charge in [-0.25, -0.2) is 9.97 Å². The van der Waals surface area contributed by atoms with Crippen molar-refractivity contribution in [2.45, 2.75) is 52.9 Å². The number of nitrogens with zero attached hydrogens (tertiary/aromatic N) is 2. The molecule has 3 heteroatoms. The summed E-state index contributed by atoms with van der Waals surface area (Å²) in [7, 11) is 0. The van der Waals surface area contributed by atoms with E-state index in [1.54, 1.807) is 0 Å². The van der Waals surface area contributed by atoms with Crippen LogP contribution in [-0.4, -0.2) is 9.97 Å². The van der Waals surface area contributed by atoms with E-state index in [1.165, 1.54) is 5.56 Å². The molecule has 2 heterocycles. The maximum atomic E-state index is 5.74. The van der Waals surface area contributed by atoms with E-state index in [2.05, 4.69) is 50.7 Å². The van der Waals surface area contributed by atoms with E-state index in [1.807, 2.05) is 0 Å². The Kier molecular flexibility index (Phi) is 3.18. The fourth-order valence-corrected chi connectivity index (χ4v) is 1.82. The molecule has 0 atom stereocenters. The van der Waals surface area contributed by atoms with E-state index in [4.69, 9.17) is 4.42 Å². The molecule has 3 nitrogen and oxygen atoms in total. The van der Waals surface area contributed by atoms with Crippen LogP contribution in [0.15, 0.2) is 10.5 Å². The molecular weight excluding hydrogens is 212 g/mol. The van der Waals surface area contributed by atoms with Crippen LogP contribution < -0.4 is 0 Å². The molecule has 2 aromatic heterocycles. The lowest BCUT2D eigenvalue weighted by Gasteiger charge is -2.05. The molecule has 0 fully saturated rings. The van der Waals surface area contributed by atoms with Crippen molar-refractivity contribution in [3.05, 3.63) is 23.2 Å². The number of aryl methyl sites for hydroxylation is 1. The molecule has 0 amide bonds. The Morgan fingerprint density at radius 3 is 2.35 bits per heavy atom. The van der Waals surface area contributed by atoms with Gasteiger partial charge in [0.15, 0.2) is 5.89 Å². The summed E-state index contributed by atoms with van der Waals surface area (Å²) in [6.07, 6.45) is 0.961. The monoisotopic (exact) mass is 232 g/mol. The van der Waals surface area contributed by atoms with Gasteiger partial charge in [0.25, 0.3) is 0 Å². The Balaban J connectivity index is 2.65. The van der Waals surface area contributed by atoms with Gasteiger partial charge < -0.3 is 4.42 Å². The predicted octanol–water partition coefficient (Wildman–Crippen LogP) is 4.03. The molecule has 0 bridgehead atoms. The van der Waals surface area contributed by atoms with Crippen LogP contribution in [-0.2, 0) is 6.42 Å². The molecule has 0 spiro atoms. The molecule has 0 radical (unpaired) electrons. The molecule has 0 aromatic carbocycles. The van der Waals surface area contributed by atoms with Gasteiger partial charge in [-0.15, -0.1) is 0 Å². The van der Waals surface area contributed by atoms with Crippen molar-refractivity contribution >= 4 is 11.2 Å². The Labute approximate surface area is 102 Å². The Morgan fingerprint density at radius 1 is 1.12 bits per heavy atom. The first-order chi connectivity index (χ1) is 8.02. The van der Waals surface area contributed by atoms with Crippen molar-refractivity contribution in [3.63, 3.8) is 0 Å². The summed E-state index contributed by atoms with van der Waals surface area (Å²) in [6.45, 7) is 10.6. The molecule has 2 rings (SSSR count). The van der Waals surface area contributed by atoms with Crippen molar-refractivity contribution in [1.29, 1.82) is 0 Å². The molecular formula is C14H20N2O. The van der Waals surface area contributed by atoms with Crippen molar-refractivity contribution in [1.82, 2.24) is 9.97 Å². The Hall–Kier alpha value is -1.38. The molecule has 0 unspecified atom stereocenters. The van der Waals surface area contributed by atoms with Crippen LogP contribution >= 0.6 is 0 Å². The van der Waals surface area contributed by atoms with E-state index in [-0.39, 0.29) is 0 Å². The smallest absolute Gasteiger partial charge is 0.247 e. The molecule has 0 aliphatic carbocycles. The topological polar surface area (TPSA) is 38.9 Å². The first-order valence-corrected chi connectivity index (χ1v) is 6.33. The van der Waals surface area contributed by atoms with Gasteiger partial charge in [0.2, 0.25) is 5.71 Å². The van der Waals surface area contributed by atoms with Gasteiger partial charge in [-0.1, -0.05) is 34.6 Å². The zero-order valence-corrected chi connectivity index (χ0v) is 11.2. The van der Waals surface area contributed by atoms with Gasteiger partial charge in [-0.2, -0.15) is 0 Å². The molecule has 0 saturated heterocycles. The number of fused-ring (bicyclic) bond motifs is 1. The number of hydrogen-bond donors (Lipinski definition) is 0. The second-order valence-electron chi connectivity index (χ2n) is 5.08. The van der Waals surface area contributed by atoms with Crippen LogP contribution in [0.1, 0.15) is 63.6 Å². The number of rotatable bonds is 3. The van der Waals surface area contributed by atoms with Gasteiger partial charge in [-0.05, 0) is 24.0 Å². The fourth-order valence-electron chi connectivity index (χ4n) is 1.82. The van der Waals surface area contributed by atoms with E-state index in [9.17, 15) is 0 Å². The van der Waals surface area contributed by atoms with E-state index >= 15 is 0 Å². The van der Waals surface area contributed by atoms with E-state index in [0.717, 1.165) is 23.5 Å². The van der Waals surface area contributed by atoms with E-state index < -0.39 is 0 Å². The second kappa shape index (κ2) is 4.47. The summed E-state index contributed by atoms with van der Waals surface area (Å²) in [5.41, 5.74) is 3.94. The lowest BCUT2D eigenvalue weighted by Crippen LogP contribution is -1.95. The highest BCUT2D eigenvalue weighted by atomic mass is 16.4. The molecule has 92 valence electrons. The molecule has 0 saturated carbocycles. The number of hydrogen-bond acceptors (Lipinski definition) is 3. The largest absolute Gasteiger partial charge is 0.422 e. The van der Waals surface area contributed by atoms with Gasteiger partial charge >= 0.3 is 0 Å². The minimum atomic E-state index is 0.302. The molecule has 0 aliphatic heterocycles. The third kappa shape index (κ3) is 2.19. The predicted molar refractivity (Wildman–Crippen MR) is 69.4 cm³/mol. The van der Waals surface area contributed by atoms with Crippen LogP contribution in [0, 0.1) is 0 Å². The summed E-state index contributed by atoms with van der Waals surface area (Å²) in [6, 6.07) is 2.15. The second-order valence-corrected chi connectivity index (χ2v) is 5.08. The number of oxazole rings is 1. The highest BCUT2D eigenvalue weighted by molar-refractivity contribution is 5.73. The van der Waals surface area contributed by atoms with Crippen LogP contribution in [0.25, 0.3) is 11.2 Å². The summed E-state index contributed by atoms with van der Waals surface area (Å²) < 4.78 is 5.74. The van der Waals surface area contributed by atoms with Gasteiger partial charge in [0, 0.05) is 11.6 Å². The average Bonchev–Trinajstić information content (AvgIpc) is 2.71. The standard InChI is InChI=1S/C14H20N2O/c1-6-10-7-11(8(2)3)15-14-12(10)16-13(17-14)9(4)5/h7-9H,6H2,1-5H3. The van der Waals surface area contributed by atoms with Crippen molar-refractivity contribution in [2.75, 3.05) is 0 Å². The SMILES string of the molecule is CCc1cc(C(C)C)nc2oc(C(C)C)nc12. The summed E-state index contributed by atoms with van der Waals surface area (Å²) >= 11 is 0. The molecule has 2 aromatic rings. The zero-order chi connectivity index (χ0) is 12.6. The Bertz CT molecular complexity index is 526. The molecule has 0 aliphatic rings. The summed E-state index contributed by atoms with van der Waals surface area (Å²) in [4.78, 5) is 9.11. The first-order valence-electron chi connectivity index (χ1n) is 6.33. The zero-order valence-electron chi connectivity index (χ0n) is 11.2. The minimum absolute atomic E-state index is 0.302. The normalized spacial score (nSPS) is 11.9. The van der Waals surface area contributed by atoms with Crippen molar-refractivity contribution < 1.29 is 4.42 Å². The van der Waals surface area contributed by atoms with Crippen LogP contribution in [0.3, 0.4) is 0 Å². The quantitative estimate of drug-likeness (QED) is 0.802. The molecule has 17 heavy (non-hydrogen) atoms. The van der Waals surface area contributed by atoms with Crippen LogP contribution in [0.2, 0.25) is 0 Å². The highest BCUT2D eigenvalue weighted by Gasteiger charge is 2.15. The molecule has 0 N–H and O–H groups in total. The van der Waals surface area contributed by atoms with Crippen molar-refractivity contribution in [3.8, 4) is 0 Å². The summed E-state index contributed by atoms with van der Waals surface area (Å²) in [5.74, 6) is 1.50. The third-order valence-electron chi connectivity index (χ3n) is 2.95. The third-order valence-corrected chi connectivity index (χ3v) is 2.95. The lowest BCUT2D eigenvalue weighted by atomic mass is 10.1. The van der Waals surface area contributed by atoms with Gasteiger partial charge in [-0.3, -0.25) is 0 Å². The van der Waals surface area contributed by atoms with Crippen LogP contribution in [0.4, 0.5) is 0 Å². The minimum Gasteiger partial charge on any atom is -0.422 e. The van der Waals surface area contributed by atoms with Gasteiger partial charge in [0.05, 0.1) is 0 Å². The Morgan fingerprint density at radius 2 is 1.82 bits per heavy atom.